The summed E-state index contributed by atoms with van der Waals surface area (Å²) in [7, 11) is 1.32. The Bertz CT molecular complexity index is 328. The van der Waals surface area contributed by atoms with Crippen molar-refractivity contribution in [2.75, 3.05) is 13.7 Å². The van der Waals surface area contributed by atoms with E-state index in [4.69, 9.17) is 10.2 Å². The molecule has 1 aromatic rings. The smallest absolute Gasteiger partial charge is 0.373 e. The van der Waals surface area contributed by atoms with Crippen LogP contribution in [0.1, 0.15) is 30.2 Å². The molecule has 0 bridgehead atoms. The maximum absolute atomic E-state index is 11.1. The van der Waals surface area contributed by atoms with Crippen molar-refractivity contribution in [2.24, 2.45) is 5.73 Å². The normalized spacial score (nSPS) is 11.4. The van der Waals surface area contributed by atoms with Gasteiger partial charge in [-0.2, -0.15) is 0 Å². The molecule has 0 aliphatic carbocycles. The molecule has 0 saturated carbocycles. The van der Waals surface area contributed by atoms with E-state index in [-0.39, 0.29) is 11.2 Å². The number of esters is 1. The molecule has 0 atom stereocenters. The summed E-state index contributed by atoms with van der Waals surface area (Å²) in [4.78, 5) is 11.1. The molecule has 14 heavy (non-hydrogen) atoms. The zero-order valence-corrected chi connectivity index (χ0v) is 8.66. The van der Waals surface area contributed by atoms with Crippen LogP contribution in [-0.2, 0) is 10.2 Å². The van der Waals surface area contributed by atoms with Crippen molar-refractivity contribution < 1.29 is 13.9 Å². The fraction of sp³-hybridized carbons (Fsp3) is 0.500. The number of methoxy groups -OCH3 is 1. The van der Waals surface area contributed by atoms with Gasteiger partial charge in [0, 0.05) is 12.0 Å². The predicted octanol–water partition coefficient (Wildman–Crippen LogP) is 1.30. The van der Waals surface area contributed by atoms with Gasteiger partial charge in [0.05, 0.1) is 7.11 Å². The summed E-state index contributed by atoms with van der Waals surface area (Å²) in [5.74, 6) is 0.438. The molecule has 2 N–H and O–H groups in total. The van der Waals surface area contributed by atoms with E-state index < -0.39 is 5.97 Å². The topological polar surface area (TPSA) is 65.5 Å². The number of furan rings is 1. The van der Waals surface area contributed by atoms with Crippen LogP contribution in [0.5, 0.6) is 0 Å². The summed E-state index contributed by atoms with van der Waals surface area (Å²) in [6.45, 7) is 4.36. The number of hydrogen-bond donors (Lipinski definition) is 1. The lowest BCUT2D eigenvalue weighted by molar-refractivity contribution is 0.0561. The van der Waals surface area contributed by atoms with Gasteiger partial charge >= 0.3 is 5.97 Å². The molecule has 0 saturated heterocycles. The number of ether oxygens (including phenoxy) is 1. The van der Waals surface area contributed by atoms with Crippen LogP contribution in [0, 0.1) is 0 Å². The quantitative estimate of drug-likeness (QED) is 0.742. The van der Waals surface area contributed by atoms with Gasteiger partial charge in [-0.05, 0) is 12.1 Å². The Balaban J connectivity index is 2.93. The molecule has 0 aromatic carbocycles. The van der Waals surface area contributed by atoms with Crippen LogP contribution in [-0.4, -0.2) is 19.6 Å². The summed E-state index contributed by atoms with van der Waals surface area (Å²) in [6, 6.07) is 3.34. The Kier molecular flexibility index (Phi) is 2.96. The minimum absolute atomic E-state index is 0.212. The Morgan fingerprint density at radius 2 is 2.21 bits per heavy atom. The summed E-state index contributed by atoms with van der Waals surface area (Å²) in [5.41, 5.74) is 5.32. The van der Waals surface area contributed by atoms with Crippen molar-refractivity contribution in [2.45, 2.75) is 19.3 Å². The van der Waals surface area contributed by atoms with E-state index in [2.05, 4.69) is 4.74 Å². The average Bonchev–Trinajstić information content (AvgIpc) is 2.66. The fourth-order valence-corrected chi connectivity index (χ4v) is 1.01. The summed E-state index contributed by atoms with van der Waals surface area (Å²) >= 11 is 0. The Morgan fingerprint density at radius 3 is 2.71 bits per heavy atom. The third kappa shape index (κ3) is 1.96. The van der Waals surface area contributed by atoms with Crippen molar-refractivity contribution in [1.82, 2.24) is 0 Å². The first-order valence-corrected chi connectivity index (χ1v) is 4.40. The van der Waals surface area contributed by atoms with Gasteiger partial charge in [0.25, 0.3) is 0 Å². The van der Waals surface area contributed by atoms with Crippen LogP contribution in [0.15, 0.2) is 16.5 Å². The largest absolute Gasteiger partial charge is 0.463 e. The second kappa shape index (κ2) is 3.84. The molecule has 0 fully saturated rings. The number of rotatable bonds is 3. The summed E-state index contributed by atoms with van der Waals surface area (Å²) < 4.78 is 9.87. The highest BCUT2D eigenvalue weighted by molar-refractivity contribution is 5.86. The molecule has 0 spiro atoms. The average molecular weight is 197 g/mol. The molecule has 78 valence electrons. The van der Waals surface area contributed by atoms with Crippen LogP contribution < -0.4 is 5.73 Å². The first-order valence-electron chi connectivity index (χ1n) is 4.40. The minimum Gasteiger partial charge on any atom is -0.463 e. The first-order chi connectivity index (χ1) is 6.51. The van der Waals surface area contributed by atoms with Gasteiger partial charge in [0.1, 0.15) is 5.76 Å². The maximum Gasteiger partial charge on any atom is 0.373 e. The van der Waals surface area contributed by atoms with Gasteiger partial charge in [-0.15, -0.1) is 0 Å². The van der Waals surface area contributed by atoms with Crippen LogP contribution in [0.25, 0.3) is 0 Å². The SMILES string of the molecule is COC(=O)c1ccc(C(C)(C)CN)o1. The molecule has 0 amide bonds. The molecular weight excluding hydrogens is 182 g/mol. The molecule has 1 rings (SSSR count). The van der Waals surface area contributed by atoms with Crippen molar-refractivity contribution in [3.05, 3.63) is 23.7 Å². The Labute approximate surface area is 83.0 Å². The van der Waals surface area contributed by atoms with Crippen molar-refractivity contribution in [1.29, 1.82) is 0 Å². The number of hydrogen-bond acceptors (Lipinski definition) is 4. The lowest BCUT2D eigenvalue weighted by Gasteiger charge is -2.18. The van der Waals surface area contributed by atoms with E-state index in [0.29, 0.717) is 12.3 Å². The Hall–Kier alpha value is -1.29. The summed E-state index contributed by atoms with van der Waals surface area (Å²) in [6.07, 6.45) is 0. The van der Waals surface area contributed by atoms with Gasteiger partial charge in [-0.25, -0.2) is 4.79 Å². The van der Waals surface area contributed by atoms with E-state index in [9.17, 15) is 4.79 Å². The van der Waals surface area contributed by atoms with Crippen LogP contribution >= 0.6 is 0 Å². The molecular formula is C10H15NO3. The standard InChI is InChI=1S/C10H15NO3/c1-10(2,6-11)8-5-4-7(14-8)9(12)13-3/h4-5H,6,11H2,1-3H3. The van der Waals surface area contributed by atoms with E-state index in [1.165, 1.54) is 7.11 Å². The molecule has 0 radical (unpaired) electrons. The number of carbonyl (C=O) groups excluding carboxylic acids is 1. The maximum atomic E-state index is 11.1. The van der Waals surface area contributed by atoms with Gasteiger partial charge < -0.3 is 14.9 Å². The van der Waals surface area contributed by atoms with Gasteiger partial charge in [0.2, 0.25) is 5.76 Å². The molecule has 1 heterocycles. The monoisotopic (exact) mass is 197 g/mol. The van der Waals surface area contributed by atoms with E-state index >= 15 is 0 Å². The van der Waals surface area contributed by atoms with Gasteiger partial charge in [-0.3, -0.25) is 0 Å². The van der Waals surface area contributed by atoms with E-state index in [0.717, 1.165) is 0 Å². The number of carbonyl (C=O) groups is 1. The molecule has 0 aliphatic rings. The highest BCUT2D eigenvalue weighted by Gasteiger charge is 2.24. The minimum atomic E-state index is -0.468. The predicted molar refractivity (Wildman–Crippen MR) is 52.1 cm³/mol. The van der Waals surface area contributed by atoms with Crippen molar-refractivity contribution in [3.63, 3.8) is 0 Å². The first kappa shape index (κ1) is 10.8. The molecule has 4 heteroatoms. The summed E-state index contributed by atoms with van der Waals surface area (Å²) in [5, 5.41) is 0. The second-order valence-electron chi connectivity index (χ2n) is 3.74. The van der Waals surface area contributed by atoms with E-state index in [1.807, 2.05) is 13.8 Å². The van der Waals surface area contributed by atoms with Crippen LogP contribution in [0.4, 0.5) is 0 Å². The lowest BCUT2D eigenvalue weighted by Crippen LogP contribution is -2.27. The highest BCUT2D eigenvalue weighted by Crippen LogP contribution is 2.24. The lowest BCUT2D eigenvalue weighted by atomic mass is 9.91. The second-order valence-corrected chi connectivity index (χ2v) is 3.74. The van der Waals surface area contributed by atoms with Crippen LogP contribution in [0.3, 0.4) is 0 Å². The third-order valence-corrected chi connectivity index (χ3v) is 2.17. The molecule has 0 aliphatic heterocycles. The van der Waals surface area contributed by atoms with Gasteiger partial charge in [0.15, 0.2) is 0 Å². The van der Waals surface area contributed by atoms with Crippen LogP contribution in [0.2, 0.25) is 0 Å². The van der Waals surface area contributed by atoms with E-state index in [1.54, 1.807) is 12.1 Å². The molecule has 4 nitrogen and oxygen atoms in total. The zero-order chi connectivity index (χ0) is 10.8. The zero-order valence-electron chi connectivity index (χ0n) is 8.66. The number of nitrogens with two attached hydrogens (primary N) is 1. The van der Waals surface area contributed by atoms with Crippen molar-refractivity contribution in [3.8, 4) is 0 Å². The third-order valence-electron chi connectivity index (χ3n) is 2.17. The van der Waals surface area contributed by atoms with Gasteiger partial charge in [-0.1, -0.05) is 13.8 Å². The molecule has 0 unspecified atom stereocenters. The molecule has 1 aromatic heterocycles. The van der Waals surface area contributed by atoms with Crippen molar-refractivity contribution >= 4 is 5.97 Å². The highest BCUT2D eigenvalue weighted by atomic mass is 16.5. The fourth-order valence-electron chi connectivity index (χ4n) is 1.01. The Morgan fingerprint density at radius 1 is 1.57 bits per heavy atom.